The van der Waals surface area contributed by atoms with E-state index in [1.807, 2.05) is 13.8 Å². The normalized spacial score (nSPS) is 11.0. The second-order valence-electron chi connectivity index (χ2n) is 3.99. The minimum absolute atomic E-state index is 0.0595. The van der Waals surface area contributed by atoms with Gasteiger partial charge in [-0.3, -0.25) is 4.79 Å². The molecule has 0 unspecified atom stereocenters. The van der Waals surface area contributed by atoms with Gasteiger partial charge in [-0.2, -0.15) is 0 Å². The standard InChI is InChI=1S/C10H23N3O/c1-8(2)11-5-6-12-10(14)7-13-9(3)4/h8-9,11,13H,5-7H2,1-4H3,(H,12,14). The van der Waals surface area contributed by atoms with Crippen LogP contribution in [-0.2, 0) is 4.79 Å². The van der Waals surface area contributed by atoms with Crippen LogP contribution in [0.2, 0.25) is 0 Å². The number of amides is 1. The van der Waals surface area contributed by atoms with E-state index in [-0.39, 0.29) is 5.91 Å². The van der Waals surface area contributed by atoms with Crippen LogP contribution < -0.4 is 16.0 Å². The fourth-order valence-corrected chi connectivity index (χ4v) is 0.922. The maximum Gasteiger partial charge on any atom is 0.234 e. The molecular formula is C10H23N3O. The van der Waals surface area contributed by atoms with Crippen molar-refractivity contribution in [3.8, 4) is 0 Å². The minimum atomic E-state index is 0.0595. The summed E-state index contributed by atoms with van der Waals surface area (Å²) in [6.45, 7) is 10.1. The molecule has 0 aliphatic carbocycles. The molecule has 0 saturated carbocycles. The Balaban J connectivity index is 3.27. The van der Waals surface area contributed by atoms with Crippen molar-refractivity contribution < 1.29 is 4.79 Å². The van der Waals surface area contributed by atoms with Crippen LogP contribution >= 0.6 is 0 Å². The fourth-order valence-electron chi connectivity index (χ4n) is 0.922. The average Bonchev–Trinajstić information content (AvgIpc) is 2.08. The molecule has 0 spiro atoms. The second kappa shape index (κ2) is 7.76. The summed E-state index contributed by atoms with van der Waals surface area (Å²) < 4.78 is 0. The summed E-state index contributed by atoms with van der Waals surface area (Å²) in [5.74, 6) is 0.0595. The van der Waals surface area contributed by atoms with Crippen molar-refractivity contribution in [1.29, 1.82) is 0 Å². The summed E-state index contributed by atoms with van der Waals surface area (Å²) >= 11 is 0. The van der Waals surface area contributed by atoms with Crippen molar-refractivity contribution in [2.75, 3.05) is 19.6 Å². The molecule has 3 N–H and O–H groups in total. The number of carbonyl (C=O) groups is 1. The van der Waals surface area contributed by atoms with Gasteiger partial charge in [0.25, 0.3) is 0 Å². The van der Waals surface area contributed by atoms with E-state index in [0.717, 1.165) is 6.54 Å². The van der Waals surface area contributed by atoms with Gasteiger partial charge < -0.3 is 16.0 Å². The lowest BCUT2D eigenvalue weighted by Gasteiger charge is -2.10. The zero-order chi connectivity index (χ0) is 11.0. The van der Waals surface area contributed by atoms with E-state index in [1.165, 1.54) is 0 Å². The van der Waals surface area contributed by atoms with Crippen LogP contribution in [0.15, 0.2) is 0 Å². The summed E-state index contributed by atoms with van der Waals surface area (Å²) in [6.07, 6.45) is 0. The van der Waals surface area contributed by atoms with Gasteiger partial charge in [-0.05, 0) is 0 Å². The molecule has 4 heteroatoms. The molecule has 0 rings (SSSR count). The molecule has 4 nitrogen and oxygen atoms in total. The van der Waals surface area contributed by atoms with Gasteiger partial charge in [-0.25, -0.2) is 0 Å². The monoisotopic (exact) mass is 201 g/mol. The summed E-state index contributed by atoms with van der Waals surface area (Å²) in [7, 11) is 0. The highest BCUT2D eigenvalue weighted by atomic mass is 16.1. The first kappa shape index (κ1) is 13.4. The van der Waals surface area contributed by atoms with Crippen LogP contribution in [0.4, 0.5) is 0 Å². The summed E-state index contributed by atoms with van der Waals surface area (Å²) in [6, 6.07) is 0.829. The zero-order valence-electron chi connectivity index (χ0n) is 9.68. The van der Waals surface area contributed by atoms with E-state index in [4.69, 9.17) is 0 Å². The molecule has 0 bridgehead atoms. The Morgan fingerprint density at radius 2 is 1.57 bits per heavy atom. The Hall–Kier alpha value is -0.610. The van der Waals surface area contributed by atoms with Crippen LogP contribution in [0, 0.1) is 0 Å². The third-order valence-electron chi connectivity index (χ3n) is 1.67. The van der Waals surface area contributed by atoms with E-state index < -0.39 is 0 Å². The van der Waals surface area contributed by atoms with Crippen LogP contribution in [0.25, 0.3) is 0 Å². The zero-order valence-corrected chi connectivity index (χ0v) is 9.68. The summed E-state index contributed by atoms with van der Waals surface area (Å²) in [4.78, 5) is 11.2. The van der Waals surface area contributed by atoms with Crippen molar-refractivity contribution in [2.24, 2.45) is 0 Å². The first-order valence-electron chi connectivity index (χ1n) is 5.26. The smallest absolute Gasteiger partial charge is 0.234 e. The van der Waals surface area contributed by atoms with Gasteiger partial charge in [0.2, 0.25) is 5.91 Å². The Kier molecular flexibility index (Phi) is 7.42. The number of rotatable bonds is 7. The van der Waals surface area contributed by atoms with Gasteiger partial charge in [-0.15, -0.1) is 0 Å². The lowest BCUT2D eigenvalue weighted by atomic mass is 10.4. The van der Waals surface area contributed by atoms with E-state index in [0.29, 0.717) is 25.2 Å². The molecular weight excluding hydrogens is 178 g/mol. The van der Waals surface area contributed by atoms with Gasteiger partial charge in [0.15, 0.2) is 0 Å². The fraction of sp³-hybridized carbons (Fsp3) is 0.900. The quantitative estimate of drug-likeness (QED) is 0.512. The van der Waals surface area contributed by atoms with Gasteiger partial charge >= 0.3 is 0 Å². The Morgan fingerprint density at radius 3 is 2.07 bits per heavy atom. The largest absolute Gasteiger partial charge is 0.354 e. The molecule has 0 fully saturated rings. The molecule has 0 aliphatic heterocycles. The van der Waals surface area contributed by atoms with Gasteiger partial charge in [0, 0.05) is 25.2 Å². The van der Waals surface area contributed by atoms with Crippen molar-refractivity contribution >= 4 is 5.91 Å². The second-order valence-corrected chi connectivity index (χ2v) is 3.99. The first-order chi connectivity index (χ1) is 6.52. The average molecular weight is 201 g/mol. The van der Waals surface area contributed by atoms with Crippen molar-refractivity contribution in [1.82, 2.24) is 16.0 Å². The summed E-state index contributed by atoms with van der Waals surface area (Å²) in [5, 5.41) is 9.12. The van der Waals surface area contributed by atoms with Crippen molar-refractivity contribution in [3.63, 3.8) is 0 Å². The van der Waals surface area contributed by atoms with E-state index in [2.05, 4.69) is 29.8 Å². The number of hydrogen-bond donors (Lipinski definition) is 3. The predicted molar refractivity (Wildman–Crippen MR) is 59.3 cm³/mol. The van der Waals surface area contributed by atoms with Crippen LogP contribution in [-0.4, -0.2) is 37.6 Å². The van der Waals surface area contributed by atoms with Crippen molar-refractivity contribution in [3.05, 3.63) is 0 Å². The Bertz CT molecular complexity index is 157. The van der Waals surface area contributed by atoms with Crippen molar-refractivity contribution in [2.45, 2.75) is 39.8 Å². The maximum atomic E-state index is 11.2. The number of nitrogens with one attached hydrogen (secondary N) is 3. The van der Waals surface area contributed by atoms with Gasteiger partial charge in [0.05, 0.1) is 6.54 Å². The maximum absolute atomic E-state index is 11.2. The van der Waals surface area contributed by atoms with E-state index >= 15 is 0 Å². The highest BCUT2D eigenvalue weighted by Crippen LogP contribution is 1.75. The molecule has 0 saturated heterocycles. The lowest BCUT2D eigenvalue weighted by molar-refractivity contribution is -0.120. The molecule has 14 heavy (non-hydrogen) atoms. The first-order valence-corrected chi connectivity index (χ1v) is 5.26. The molecule has 0 aromatic heterocycles. The lowest BCUT2D eigenvalue weighted by Crippen LogP contribution is -2.40. The molecule has 0 aromatic rings. The highest BCUT2D eigenvalue weighted by molar-refractivity contribution is 5.77. The number of carbonyl (C=O) groups excluding carboxylic acids is 1. The third kappa shape index (κ3) is 9.48. The Labute approximate surface area is 86.8 Å². The SMILES string of the molecule is CC(C)NCCNC(=O)CNC(C)C. The molecule has 0 heterocycles. The molecule has 0 aliphatic rings. The molecule has 0 atom stereocenters. The Morgan fingerprint density at radius 1 is 1.00 bits per heavy atom. The summed E-state index contributed by atoms with van der Waals surface area (Å²) in [5.41, 5.74) is 0. The van der Waals surface area contributed by atoms with E-state index in [9.17, 15) is 4.79 Å². The third-order valence-corrected chi connectivity index (χ3v) is 1.67. The molecule has 0 aromatic carbocycles. The topological polar surface area (TPSA) is 53.2 Å². The van der Waals surface area contributed by atoms with Gasteiger partial charge in [-0.1, -0.05) is 27.7 Å². The van der Waals surface area contributed by atoms with Crippen LogP contribution in [0.3, 0.4) is 0 Å². The molecule has 84 valence electrons. The van der Waals surface area contributed by atoms with Crippen LogP contribution in [0.5, 0.6) is 0 Å². The predicted octanol–water partition coefficient (Wildman–Crippen LogP) is 0.0986. The van der Waals surface area contributed by atoms with E-state index in [1.54, 1.807) is 0 Å². The molecule has 1 amide bonds. The minimum Gasteiger partial charge on any atom is -0.354 e. The molecule has 0 radical (unpaired) electrons. The highest BCUT2D eigenvalue weighted by Gasteiger charge is 2.00. The number of hydrogen-bond acceptors (Lipinski definition) is 3. The van der Waals surface area contributed by atoms with Crippen LogP contribution in [0.1, 0.15) is 27.7 Å². The van der Waals surface area contributed by atoms with Gasteiger partial charge in [0.1, 0.15) is 0 Å².